The molecular formula is C19H25ClN2. The standard InChI is InChI=1S/C19H25ClN2/c1-3-22(4-2)19-11-5-15(6-12-19)13-17(14-21)16-7-9-18(20)10-8-16/h5-12,17H,3-4,13-14,21H2,1-2H3. The van der Waals surface area contributed by atoms with Crippen LogP contribution in [0.3, 0.4) is 0 Å². The predicted molar refractivity (Wildman–Crippen MR) is 97.0 cm³/mol. The van der Waals surface area contributed by atoms with Crippen molar-refractivity contribution in [2.24, 2.45) is 5.73 Å². The van der Waals surface area contributed by atoms with Gasteiger partial charge in [0.25, 0.3) is 0 Å². The summed E-state index contributed by atoms with van der Waals surface area (Å²) in [4.78, 5) is 2.35. The molecule has 0 bridgehead atoms. The molecule has 2 nitrogen and oxygen atoms in total. The minimum Gasteiger partial charge on any atom is -0.372 e. The molecule has 0 radical (unpaired) electrons. The molecule has 0 aliphatic heterocycles. The Labute approximate surface area is 138 Å². The van der Waals surface area contributed by atoms with E-state index in [1.807, 2.05) is 12.1 Å². The number of benzene rings is 2. The first-order valence-electron chi connectivity index (χ1n) is 7.97. The van der Waals surface area contributed by atoms with Gasteiger partial charge in [-0.15, -0.1) is 0 Å². The van der Waals surface area contributed by atoms with Crippen LogP contribution in [0.1, 0.15) is 30.9 Å². The molecule has 0 saturated carbocycles. The fraction of sp³-hybridized carbons (Fsp3) is 0.368. The minimum absolute atomic E-state index is 0.330. The second-order valence-electron chi connectivity index (χ2n) is 5.53. The van der Waals surface area contributed by atoms with Gasteiger partial charge < -0.3 is 10.6 Å². The van der Waals surface area contributed by atoms with Gasteiger partial charge in [-0.05, 0) is 62.2 Å². The summed E-state index contributed by atoms with van der Waals surface area (Å²) in [5, 5.41) is 0.767. The summed E-state index contributed by atoms with van der Waals surface area (Å²) in [6, 6.07) is 16.9. The number of anilines is 1. The highest BCUT2D eigenvalue weighted by molar-refractivity contribution is 6.30. The van der Waals surface area contributed by atoms with E-state index in [4.69, 9.17) is 17.3 Å². The van der Waals surface area contributed by atoms with E-state index >= 15 is 0 Å². The van der Waals surface area contributed by atoms with E-state index in [1.165, 1.54) is 16.8 Å². The first kappa shape index (κ1) is 16.9. The highest BCUT2D eigenvalue weighted by Crippen LogP contribution is 2.23. The number of hydrogen-bond donors (Lipinski definition) is 1. The van der Waals surface area contributed by atoms with Gasteiger partial charge in [-0.1, -0.05) is 35.9 Å². The van der Waals surface area contributed by atoms with Crippen LogP contribution in [-0.4, -0.2) is 19.6 Å². The summed E-state index contributed by atoms with van der Waals surface area (Å²) in [7, 11) is 0. The molecule has 0 heterocycles. The summed E-state index contributed by atoms with van der Waals surface area (Å²) in [6.07, 6.45) is 0.955. The van der Waals surface area contributed by atoms with Gasteiger partial charge in [0.15, 0.2) is 0 Å². The van der Waals surface area contributed by atoms with Crippen LogP contribution in [0.2, 0.25) is 5.02 Å². The van der Waals surface area contributed by atoms with Crippen LogP contribution in [0.25, 0.3) is 0 Å². The van der Waals surface area contributed by atoms with Gasteiger partial charge in [0.05, 0.1) is 0 Å². The molecule has 2 aromatic carbocycles. The van der Waals surface area contributed by atoms with Gasteiger partial charge in [-0.2, -0.15) is 0 Å². The van der Waals surface area contributed by atoms with Gasteiger partial charge in [0, 0.05) is 29.7 Å². The van der Waals surface area contributed by atoms with Crippen LogP contribution in [0.5, 0.6) is 0 Å². The molecule has 2 rings (SSSR count). The molecular weight excluding hydrogens is 292 g/mol. The van der Waals surface area contributed by atoms with E-state index in [1.54, 1.807) is 0 Å². The van der Waals surface area contributed by atoms with Crippen molar-refractivity contribution < 1.29 is 0 Å². The predicted octanol–water partition coefficient (Wildman–Crippen LogP) is 4.47. The molecule has 118 valence electrons. The van der Waals surface area contributed by atoms with E-state index in [-0.39, 0.29) is 0 Å². The Morgan fingerprint density at radius 2 is 1.55 bits per heavy atom. The van der Waals surface area contributed by atoms with Gasteiger partial charge in [0.2, 0.25) is 0 Å². The summed E-state index contributed by atoms with van der Waals surface area (Å²) >= 11 is 5.96. The van der Waals surface area contributed by atoms with Gasteiger partial charge in [0.1, 0.15) is 0 Å². The van der Waals surface area contributed by atoms with Crippen LogP contribution in [-0.2, 0) is 6.42 Å². The molecule has 1 unspecified atom stereocenters. The molecule has 0 fully saturated rings. The molecule has 0 aliphatic carbocycles. The molecule has 2 aromatic rings. The van der Waals surface area contributed by atoms with Crippen molar-refractivity contribution in [1.82, 2.24) is 0 Å². The molecule has 0 spiro atoms. The zero-order valence-corrected chi connectivity index (χ0v) is 14.2. The largest absolute Gasteiger partial charge is 0.372 e. The summed E-state index contributed by atoms with van der Waals surface area (Å²) in [6.45, 7) is 7.07. The third kappa shape index (κ3) is 4.25. The quantitative estimate of drug-likeness (QED) is 0.816. The fourth-order valence-electron chi connectivity index (χ4n) is 2.79. The van der Waals surface area contributed by atoms with Crippen LogP contribution in [0.15, 0.2) is 48.5 Å². The second kappa shape index (κ2) is 8.21. The van der Waals surface area contributed by atoms with Crippen LogP contribution < -0.4 is 10.6 Å². The molecule has 0 aromatic heterocycles. The van der Waals surface area contributed by atoms with E-state index in [2.05, 4.69) is 55.1 Å². The van der Waals surface area contributed by atoms with Crippen molar-refractivity contribution in [1.29, 1.82) is 0 Å². The summed E-state index contributed by atoms with van der Waals surface area (Å²) in [5.74, 6) is 0.330. The van der Waals surface area contributed by atoms with Crippen molar-refractivity contribution in [3.05, 3.63) is 64.7 Å². The normalized spacial score (nSPS) is 12.2. The Bertz CT molecular complexity index is 559. The lowest BCUT2D eigenvalue weighted by Gasteiger charge is -2.21. The third-order valence-electron chi connectivity index (χ3n) is 4.17. The maximum Gasteiger partial charge on any atom is 0.0406 e. The SMILES string of the molecule is CCN(CC)c1ccc(CC(CN)c2ccc(Cl)cc2)cc1. The molecule has 2 N–H and O–H groups in total. The van der Waals surface area contributed by atoms with Crippen molar-refractivity contribution in [2.45, 2.75) is 26.2 Å². The fourth-order valence-corrected chi connectivity index (χ4v) is 2.91. The maximum absolute atomic E-state index is 5.97. The van der Waals surface area contributed by atoms with Crippen molar-refractivity contribution in [3.8, 4) is 0 Å². The lowest BCUT2D eigenvalue weighted by atomic mass is 9.92. The Morgan fingerprint density at radius 3 is 2.05 bits per heavy atom. The lowest BCUT2D eigenvalue weighted by Crippen LogP contribution is -2.21. The molecule has 0 amide bonds. The molecule has 3 heteroatoms. The second-order valence-corrected chi connectivity index (χ2v) is 5.96. The number of halogens is 1. The Morgan fingerprint density at radius 1 is 0.955 bits per heavy atom. The average Bonchev–Trinajstić information content (AvgIpc) is 2.56. The number of nitrogens with two attached hydrogens (primary N) is 1. The zero-order chi connectivity index (χ0) is 15.9. The van der Waals surface area contributed by atoms with E-state index in [0.717, 1.165) is 24.5 Å². The van der Waals surface area contributed by atoms with E-state index in [9.17, 15) is 0 Å². The molecule has 0 aliphatic rings. The maximum atomic E-state index is 5.97. The monoisotopic (exact) mass is 316 g/mol. The van der Waals surface area contributed by atoms with Crippen LogP contribution in [0.4, 0.5) is 5.69 Å². The van der Waals surface area contributed by atoms with Crippen molar-refractivity contribution in [3.63, 3.8) is 0 Å². The Balaban J connectivity index is 2.09. The minimum atomic E-state index is 0.330. The average molecular weight is 317 g/mol. The summed E-state index contributed by atoms with van der Waals surface area (Å²) in [5.41, 5.74) is 9.82. The number of hydrogen-bond acceptors (Lipinski definition) is 2. The zero-order valence-electron chi connectivity index (χ0n) is 13.4. The van der Waals surface area contributed by atoms with E-state index in [0.29, 0.717) is 12.5 Å². The van der Waals surface area contributed by atoms with Gasteiger partial charge in [-0.3, -0.25) is 0 Å². The van der Waals surface area contributed by atoms with Crippen molar-refractivity contribution in [2.75, 3.05) is 24.5 Å². The van der Waals surface area contributed by atoms with Crippen LogP contribution in [0, 0.1) is 0 Å². The smallest absolute Gasteiger partial charge is 0.0406 e. The van der Waals surface area contributed by atoms with Gasteiger partial charge in [-0.25, -0.2) is 0 Å². The number of rotatable bonds is 7. The first-order chi connectivity index (χ1) is 10.7. The highest BCUT2D eigenvalue weighted by Gasteiger charge is 2.11. The number of nitrogens with zero attached hydrogens (tertiary/aromatic N) is 1. The van der Waals surface area contributed by atoms with Crippen LogP contribution >= 0.6 is 11.6 Å². The van der Waals surface area contributed by atoms with Gasteiger partial charge >= 0.3 is 0 Å². The third-order valence-corrected chi connectivity index (χ3v) is 4.42. The van der Waals surface area contributed by atoms with E-state index < -0.39 is 0 Å². The lowest BCUT2D eigenvalue weighted by molar-refractivity contribution is 0.694. The Kier molecular flexibility index (Phi) is 6.29. The summed E-state index contributed by atoms with van der Waals surface area (Å²) < 4.78 is 0. The Hall–Kier alpha value is -1.51. The first-order valence-corrected chi connectivity index (χ1v) is 8.35. The topological polar surface area (TPSA) is 29.3 Å². The molecule has 1 atom stereocenters. The van der Waals surface area contributed by atoms with Crippen molar-refractivity contribution >= 4 is 17.3 Å². The molecule has 22 heavy (non-hydrogen) atoms. The molecule has 0 saturated heterocycles. The highest BCUT2D eigenvalue weighted by atomic mass is 35.5.